The number of aliphatic carboxylic acids is 1. The van der Waals surface area contributed by atoms with Gasteiger partial charge < -0.3 is 10.4 Å². The summed E-state index contributed by atoms with van der Waals surface area (Å²) in [5, 5.41) is 14.6. The van der Waals surface area contributed by atoms with Crippen LogP contribution in [0.25, 0.3) is 10.8 Å². The molecular formula is C20H23NO3. The Hall–Kier alpha value is -2.36. The van der Waals surface area contributed by atoms with Crippen molar-refractivity contribution >= 4 is 22.6 Å². The Morgan fingerprint density at radius 2 is 1.75 bits per heavy atom. The van der Waals surface area contributed by atoms with E-state index in [0.29, 0.717) is 6.42 Å². The highest BCUT2D eigenvalue weighted by molar-refractivity contribution is 5.90. The van der Waals surface area contributed by atoms with Gasteiger partial charge in [0.25, 0.3) is 0 Å². The van der Waals surface area contributed by atoms with Crippen molar-refractivity contribution in [3.8, 4) is 0 Å². The fourth-order valence-corrected chi connectivity index (χ4v) is 3.65. The number of hydrogen-bond acceptors (Lipinski definition) is 2. The molecule has 1 saturated carbocycles. The van der Waals surface area contributed by atoms with Gasteiger partial charge in [0.05, 0.1) is 12.3 Å². The summed E-state index contributed by atoms with van der Waals surface area (Å²) in [5.41, 5.74) is 0.978. The molecule has 126 valence electrons. The minimum atomic E-state index is -0.799. The van der Waals surface area contributed by atoms with E-state index in [9.17, 15) is 14.7 Å². The van der Waals surface area contributed by atoms with Crippen LogP contribution in [0.4, 0.5) is 0 Å². The molecule has 0 radical (unpaired) electrons. The molecule has 2 N–H and O–H groups in total. The maximum Gasteiger partial charge on any atom is 0.308 e. The van der Waals surface area contributed by atoms with Crippen LogP contribution in [0.3, 0.4) is 0 Å². The molecule has 0 unspecified atom stereocenters. The highest BCUT2D eigenvalue weighted by Crippen LogP contribution is 2.24. The minimum Gasteiger partial charge on any atom is -0.481 e. The Kier molecular flexibility index (Phi) is 5.14. The van der Waals surface area contributed by atoms with Crippen LogP contribution in [0.15, 0.2) is 42.5 Å². The second-order valence-electron chi connectivity index (χ2n) is 6.57. The number of rotatable bonds is 4. The Bertz CT molecular complexity index is 735. The predicted octanol–water partition coefficient (Wildman–Crippen LogP) is 3.53. The molecule has 2 aromatic rings. The van der Waals surface area contributed by atoms with Gasteiger partial charge in [-0.25, -0.2) is 0 Å². The molecule has 1 fully saturated rings. The van der Waals surface area contributed by atoms with Crippen LogP contribution in [0.1, 0.15) is 37.7 Å². The number of carbonyl (C=O) groups excluding carboxylic acids is 1. The molecule has 0 bridgehead atoms. The summed E-state index contributed by atoms with van der Waals surface area (Å²) in [6.07, 6.45) is 4.62. The zero-order chi connectivity index (χ0) is 16.9. The second-order valence-corrected chi connectivity index (χ2v) is 6.57. The van der Waals surface area contributed by atoms with Crippen LogP contribution in [0, 0.1) is 5.92 Å². The molecule has 3 rings (SSSR count). The van der Waals surface area contributed by atoms with E-state index in [2.05, 4.69) is 5.32 Å². The first-order valence-corrected chi connectivity index (χ1v) is 8.64. The van der Waals surface area contributed by atoms with Crippen molar-refractivity contribution in [1.82, 2.24) is 5.32 Å². The van der Waals surface area contributed by atoms with E-state index in [4.69, 9.17) is 0 Å². The van der Waals surface area contributed by atoms with E-state index >= 15 is 0 Å². The molecule has 4 nitrogen and oxygen atoms in total. The first-order chi connectivity index (χ1) is 11.6. The van der Waals surface area contributed by atoms with Gasteiger partial charge in [0.2, 0.25) is 5.91 Å². The van der Waals surface area contributed by atoms with Crippen LogP contribution in [-0.2, 0) is 16.0 Å². The molecule has 0 aliphatic heterocycles. The third-order valence-corrected chi connectivity index (χ3v) is 4.91. The van der Waals surface area contributed by atoms with Gasteiger partial charge >= 0.3 is 5.97 Å². The zero-order valence-electron chi connectivity index (χ0n) is 13.7. The summed E-state index contributed by atoms with van der Waals surface area (Å²) in [5.74, 6) is -1.36. The number of nitrogens with one attached hydrogen (secondary N) is 1. The Balaban J connectivity index is 1.73. The van der Waals surface area contributed by atoms with E-state index in [1.807, 2.05) is 42.5 Å². The molecule has 0 aromatic heterocycles. The molecule has 24 heavy (non-hydrogen) atoms. The van der Waals surface area contributed by atoms with Gasteiger partial charge in [-0.2, -0.15) is 0 Å². The molecule has 0 heterocycles. The van der Waals surface area contributed by atoms with Crippen molar-refractivity contribution in [2.24, 2.45) is 5.92 Å². The van der Waals surface area contributed by atoms with Crippen LogP contribution in [-0.4, -0.2) is 23.0 Å². The van der Waals surface area contributed by atoms with E-state index < -0.39 is 11.9 Å². The summed E-state index contributed by atoms with van der Waals surface area (Å²) < 4.78 is 0. The monoisotopic (exact) mass is 325 g/mol. The maximum atomic E-state index is 12.5. The van der Waals surface area contributed by atoms with E-state index in [1.165, 1.54) is 0 Å². The lowest BCUT2D eigenvalue weighted by molar-refractivity contribution is -0.143. The highest BCUT2D eigenvalue weighted by Gasteiger charge is 2.30. The normalized spacial score (nSPS) is 21.2. The van der Waals surface area contributed by atoms with E-state index in [1.54, 1.807) is 0 Å². The lowest BCUT2D eigenvalue weighted by Crippen LogP contribution is -2.43. The van der Waals surface area contributed by atoms with Gasteiger partial charge in [-0.15, -0.1) is 0 Å². The van der Waals surface area contributed by atoms with Gasteiger partial charge in [-0.3, -0.25) is 9.59 Å². The number of carbonyl (C=O) groups is 2. The van der Waals surface area contributed by atoms with Crippen molar-refractivity contribution in [3.05, 3.63) is 48.0 Å². The predicted molar refractivity (Wildman–Crippen MR) is 93.8 cm³/mol. The highest BCUT2D eigenvalue weighted by atomic mass is 16.4. The van der Waals surface area contributed by atoms with Crippen molar-refractivity contribution in [2.75, 3.05) is 0 Å². The van der Waals surface area contributed by atoms with Crippen molar-refractivity contribution < 1.29 is 14.7 Å². The van der Waals surface area contributed by atoms with Crippen LogP contribution < -0.4 is 5.32 Å². The SMILES string of the molecule is O=C(Cc1cccc2ccccc12)N[C@H]1CCCCC[C@H]1C(=O)O. The fraction of sp³-hybridized carbons (Fsp3) is 0.400. The molecule has 2 aromatic carbocycles. The molecule has 1 aliphatic carbocycles. The van der Waals surface area contributed by atoms with Gasteiger partial charge in [-0.05, 0) is 29.2 Å². The van der Waals surface area contributed by atoms with Gasteiger partial charge in [-0.1, -0.05) is 61.7 Å². The first-order valence-electron chi connectivity index (χ1n) is 8.64. The standard InChI is InChI=1S/C20H23NO3/c22-19(21-18-12-3-1-2-11-17(18)20(23)24)13-15-9-6-8-14-7-4-5-10-16(14)15/h4-10,17-18H,1-3,11-13H2,(H,21,22)(H,23,24)/t17-,18+/m1/s1. The second kappa shape index (κ2) is 7.47. The summed E-state index contributed by atoms with van der Waals surface area (Å²) in [4.78, 5) is 24.0. The smallest absolute Gasteiger partial charge is 0.308 e. The largest absolute Gasteiger partial charge is 0.481 e. The molecule has 4 heteroatoms. The fourth-order valence-electron chi connectivity index (χ4n) is 3.65. The van der Waals surface area contributed by atoms with E-state index in [0.717, 1.165) is 42.0 Å². The first kappa shape index (κ1) is 16.5. The molecule has 2 atom stereocenters. The average Bonchev–Trinajstić information content (AvgIpc) is 2.80. The summed E-state index contributed by atoms with van der Waals surface area (Å²) in [6, 6.07) is 13.7. The third-order valence-electron chi connectivity index (χ3n) is 4.91. The Labute approximate surface area is 141 Å². The summed E-state index contributed by atoms with van der Waals surface area (Å²) >= 11 is 0. The van der Waals surface area contributed by atoms with Gasteiger partial charge in [0.1, 0.15) is 0 Å². The molecular weight excluding hydrogens is 302 g/mol. The summed E-state index contributed by atoms with van der Waals surface area (Å²) in [6.45, 7) is 0. The molecule has 0 saturated heterocycles. The zero-order valence-corrected chi connectivity index (χ0v) is 13.7. The Morgan fingerprint density at radius 1 is 1.00 bits per heavy atom. The number of carboxylic acid groups (broad SMARTS) is 1. The molecule has 0 spiro atoms. The summed E-state index contributed by atoms with van der Waals surface area (Å²) in [7, 11) is 0. The van der Waals surface area contributed by atoms with Crippen LogP contribution in [0.5, 0.6) is 0 Å². The maximum absolute atomic E-state index is 12.5. The molecule has 1 amide bonds. The Morgan fingerprint density at radius 3 is 2.58 bits per heavy atom. The quantitative estimate of drug-likeness (QED) is 0.845. The van der Waals surface area contributed by atoms with Crippen molar-refractivity contribution in [2.45, 2.75) is 44.6 Å². The van der Waals surface area contributed by atoms with Gasteiger partial charge in [0, 0.05) is 6.04 Å². The number of fused-ring (bicyclic) bond motifs is 1. The van der Waals surface area contributed by atoms with Crippen molar-refractivity contribution in [3.63, 3.8) is 0 Å². The van der Waals surface area contributed by atoms with E-state index in [-0.39, 0.29) is 18.4 Å². The lowest BCUT2D eigenvalue weighted by Gasteiger charge is -2.23. The minimum absolute atomic E-state index is 0.0931. The topological polar surface area (TPSA) is 66.4 Å². The lowest BCUT2D eigenvalue weighted by atomic mass is 9.94. The third kappa shape index (κ3) is 3.75. The number of carboxylic acids is 1. The van der Waals surface area contributed by atoms with Crippen LogP contribution >= 0.6 is 0 Å². The molecule has 1 aliphatic rings. The number of benzene rings is 2. The average molecular weight is 325 g/mol. The van der Waals surface area contributed by atoms with Crippen molar-refractivity contribution in [1.29, 1.82) is 0 Å². The number of hydrogen-bond donors (Lipinski definition) is 2. The van der Waals surface area contributed by atoms with Gasteiger partial charge in [0.15, 0.2) is 0 Å². The van der Waals surface area contributed by atoms with Crippen LogP contribution in [0.2, 0.25) is 0 Å². The number of amides is 1.